The highest BCUT2D eigenvalue weighted by atomic mass is 35.5. The van der Waals surface area contributed by atoms with Crippen LogP contribution in [0.5, 0.6) is 0 Å². The minimum absolute atomic E-state index is 0.0753. The maximum absolute atomic E-state index is 12.1. The lowest BCUT2D eigenvalue weighted by Crippen LogP contribution is -2.29. The minimum Gasteiger partial charge on any atom is -0.481 e. The van der Waals surface area contributed by atoms with Crippen LogP contribution in [0.4, 0.5) is 0 Å². The topological polar surface area (TPSA) is 79.3 Å². The summed E-state index contributed by atoms with van der Waals surface area (Å²) in [5, 5.41) is 12.4. The SMILES string of the molecule is Cc1ccc(C(=O)NCC(CC(=O)O)c2ccc(Cl)cc2)cn1. The smallest absolute Gasteiger partial charge is 0.304 e. The van der Waals surface area contributed by atoms with Crippen molar-refractivity contribution in [3.63, 3.8) is 0 Å². The first-order chi connectivity index (χ1) is 11.0. The summed E-state index contributed by atoms with van der Waals surface area (Å²) in [6, 6.07) is 10.4. The van der Waals surface area contributed by atoms with Crippen molar-refractivity contribution < 1.29 is 14.7 Å². The molecule has 0 radical (unpaired) electrons. The Morgan fingerprint density at radius 1 is 1.22 bits per heavy atom. The summed E-state index contributed by atoms with van der Waals surface area (Å²) in [7, 11) is 0. The van der Waals surface area contributed by atoms with Gasteiger partial charge in [0, 0.05) is 29.4 Å². The maximum Gasteiger partial charge on any atom is 0.304 e. The van der Waals surface area contributed by atoms with E-state index in [4.69, 9.17) is 16.7 Å². The van der Waals surface area contributed by atoms with Crippen molar-refractivity contribution >= 4 is 23.5 Å². The van der Waals surface area contributed by atoms with Crippen LogP contribution in [0.3, 0.4) is 0 Å². The molecule has 1 aromatic carbocycles. The zero-order chi connectivity index (χ0) is 16.8. The molecule has 0 aliphatic heterocycles. The number of hydrogen-bond donors (Lipinski definition) is 2. The lowest BCUT2D eigenvalue weighted by atomic mass is 9.95. The molecule has 120 valence electrons. The zero-order valence-electron chi connectivity index (χ0n) is 12.6. The molecule has 1 amide bonds. The Morgan fingerprint density at radius 2 is 1.91 bits per heavy atom. The van der Waals surface area contributed by atoms with Crippen LogP contribution in [0.25, 0.3) is 0 Å². The first-order valence-electron chi connectivity index (χ1n) is 7.14. The number of aromatic nitrogens is 1. The number of rotatable bonds is 6. The molecule has 1 aromatic heterocycles. The normalized spacial score (nSPS) is 11.7. The molecule has 0 fully saturated rings. The second kappa shape index (κ2) is 7.74. The van der Waals surface area contributed by atoms with Crippen molar-refractivity contribution in [2.45, 2.75) is 19.3 Å². The van der Waals surface area contributed by atoms with Crippen LogP contribution < -0.4 is 5.32 Å². The van der Waals surface area contributed by atoms with Crippen LogP contribution in [0, 0.1) is 6.92 Å². The molecule has 0 aliphatic carbocycles. The average molecular weight is 333 g/mol. The molecule has 5 nitrogen and oxygen atoms in total. The number of nitrogens with zero attached hydrogens (tertiary/aromatic N) is 1. The fourth-order valence-corrected chi connectivity index (χ4v) is 2.30. The van der Waals surface area contributed by atoms with E-state index in [1.807, 2.05) is 6.92 Å². The van der Waals surface area contributed by atoms with Gasteiger partial charge in [-0.05, 0) is 36.8 Å². The van der Waals surface area contributed by atoms with Gasteiger partial charge in [0.25, 0.3) is 5.91 Å². The lowest BCUT2D eigenvalue weighted by Gasteiger charge is -2.16. The molecule has 0 bridgehead atoms. The third-order valence-corrected chi connectivity index (χ3v) is 3.70. The Balaban J connectivity index is 2.05. The van der Waals surface area contributed by atoms with E-state index >= 15 is 0 Å². The zero-order valence-corrected chi connectivity index (χ0v) is 13.4. The van der Waals surface area contributed by atoms with Crippen molar-refractivity contribution in [1.82, 2.24) is 10.3 Å². The van der Waals surface area contributed by atoms with E-state index in [9.17, 15) is 9.59 Å². The van der Waals surface area contributed by atoms with E-state index in [1.54, 1.807) is 36.4 Å². The van der Waals surface area contributed by atoms with Gasteiger partial charge in [0.05, 0.1) is 12.0 Å². The highest BCUT2D eigenvalue weighted by Crippen LogP contribution is 2.21. The van der Waals surface area contributed by atoms with Crippen molar-refractivity contribution in [3.05, 3.63) is 64.4 Å². The number of pyridine rings is 1. The van der Waals surface area contributed by atoms with Gasteiger partial charge in [-0.15, -0.1) is 0 Å². The molecule has 2 aromatic rings. The summed E-state index contributed by atoms with van der Waals surface area (Å²) in [5.41, 5.74) is 2.09. The number of carbonyl (C=O) groups is 2. The van der Waals surface area contributed by atoms with Gasteiger partial charge in [-0.3, -0.25) is 14.6 Å². The Bertz CT molecular complexity index is 684. The van der Waals surface area contributed by atoms with Gasteiger partial charge in [-0.25, -0.2) is 0 Å². The summed E-state index contributed by atoms with van der Waals surface area (Å²) in [6.07, 6.45) is 1.42. The molecule has 1 heterocycles. The Hall–Kier alpha value is -2.40. The third-order valence-electron chi connectivity index (χ3n) is 3.45. The van der Waals surface area contributed by atoms with Crippen molar-refractivity contribution in [2.75, 3.05) is 6.54 Å². The number of benzene rings is 1. The number of carboxylic acid groups (broad SMARTS) is 1. The average Bonchev–Trinajstić information content (AvgIpc) is 2.52. The molecule has 0 spiro atoms. The summed E-state index contributed by atoms with van der Waals surface area (Å²) < 4.78 is 0. The predicted molar refractivity (Wildman–Crippen MR) is 87.8 cm³/mol. The largest absolute Gasteiger partial charge is 0.481 e. The van der Waals surface area contributed by atoms with Crippen molar-refractivity contribution in [2.24, 2.45) is 0 Å². The van der Waals surface area contributed by atoms with E-state index < -0.39 is 5.97 Å². The minimum atomic E-state index is -0.920. The van der Waals surface area contributed by atoms with Crippen molar-refractivity contribution in [3.8, 4) is 0 Å². The molecule has 1 atom stereocenters. The van der Waals surface area contributed by atoms with Crippen LogP contribution in [0.15, 0.2) is 42.6 Å². The lowest BCUT2D eigenvalue weighted by molar-refractivity contribution is -0.137. The molecule has 1 unspecified atom stereocenters. The van der Waals surface area contributed by atoms with Crippen LogP contribution >= 0.6 is 11.6 Å². The number of hydrogen-bond acceptors (Lipinski definition) is 3. The summed E-state index contributed by atoms with van der Waals surface area (Å²) >= 11 is 5.85. The van der Waals surface area contributed by atoms with Crippen molar-refractivity contribution in [1.29, 1.82) is 0 Å². The number of amides is 1. The molecular weight excluding hydrogens is 316 g/mol. The number of halogens is 1. The van der Waals surface area contributed by atoms with Gasteiger partial charge in [0.1, 0.15) is 0 Å². The number of carbonyl (C=O) groups excluding carboxylic acids is 1. The van der Waals surface area contributed by atoms with Gasteiger partial charge in [0.2, 0.25) is 0 Å². The third kappa shape index (κ3) is 5.07. The maximum atomic E-state index is 12.1. The number of nitrogens with one attached hydrogen (secondary N) is 1. The van der Waals surface area contributed by atoms with Gasteiger partial charge in [-0.2, -0.15) is 0 Å². The fraction of sp³-hybridized carbons (Fsp3) is 0.235. The first kappa shape index (κ1) is 17.0. The highest BCUT2D eigenvalue weighted by molar-refractivity contribution is 6.30. The van der Waals surface area contributed by atoms with Gasteiger partial charge in [-0.1, -0.05) is 23.7 Å². The van der Waals surface area contributed by atoms with E-state index in [-0.39, 0.29) is 24.8 Å². The Kier molecular flexibility index (Phi) is 5.71. The van der Waals surface area contributed by atoms with Crippen LogP contribution in [0.2, 0.25) is 5.02 Å². The van der Waals surface area contributed by atoms with Gasteiger partial charge < -0.3 is 10.4 Å². The molecule has 0 saturated heterocycles. The van der Waals surface area contributed by atoms with Gasteiger partial charge >= 0.3 is 5.97 Å². The standard InChI is InChI=1S/C17H17ClN2O3/c1-11-2-3-13(9-19-11)17(23)20-10-14(8-16(21)22)12-4-6-15(18)7-5-12/h2-7,9,14H,8,10H2,1H3,(H,20,23)(H,21,22). The summed E-state index contributed by atoms with van der Waals surface area (Å²) in [4.78, 5) is 27.2. The monoisotopic (exact) mass is 332 g/mol. The van der Waals surface area contributed by atoms with Crippen LogP contribution in [-0.4, -0.2) is 28.5 Å². The molecular formula is C17H17ClN2O3. The number of aryl methyl sites for hydroxylation is 1. The predicted octanol–water partition coefficient (Wildman–Crippen LogP) is 3.03. The summed E-state index contributed by atoms with van der Waals surface area (Å²) in [5.74, 6) is -1.52. The highest BCUT2D eigenvalue weighted by Gasteiger charge is 2.17. The molecule has 0 aliphatic rings. The second-order valence-electron chi connectivity index (χ2n) is 5.24. The molecule has 2 N–H and O–H groups in total. The first-order valence-corrected chi connectivity index (χ1v) is 7.51. The quantitative estimate of drug-likeness (QED) is 0.852. The second-order valence-corrected chi connectivity index (χ2v) is 5.68. The number of aliphatic carboxylic acids is 1. The van der Waals surface area contributed by atoms with E-state index in [0.717, 1.165) is 11.3 Å². The number of carboxylic acids is 1. The molecule has 0 saturated carbocycles. The fourth-order valence-electron chi connectivity index (χ4n) is 2.17. The van der Waals surface area contributed by atoms with E-state index in [0.29, 0.717) is 10.6 Å². The summed E-state index contributed by atoms with van der Waals surface area (Å²) in [6.45, 7) is 2.06. The molecule has 6 heteroatoms. The van der Waals surface area contributed by atoms with E-state index in [2.05, 4.69) is 10.3 Å². The molecule has 2 rings (SSSR count). The Morgan fingerprint density at radius 3 is 2.48 bits per heavy atom. The Labute approximate surface area is 139 Å². The van der Waals surface area contributed by atoms with Crippen LogP contribution in [-0.2, 0) is 4.79 Å². The molecule has 23 heavy (non-hydrogen) atoms. The van der Waals surface area contributed by atoms with Gasteiger partial charge in [0.15, 0.2) is 0 Å². The van der Waals surface area contributed by atoms with Crippen LogP contribution in [0.1, 0.15) is 34.0 Å². The van der Waals surface area contributed by atoms with E-state index in [1.165, 1.54) is 6.20 Å².